The fourth-order valence-electron chi connectivity index (χ4n) is 2.65. The lowest BCUT2D eigenvalue weighted by molar-refractivity contribution is -0.128. The molecule has 0 radical (unpaired) electrons. The molecule has 2 unspecified atom stereocenters. The number of aliphatic hydroxyl groups excluding tert-OH is 1. The van der Waals surface area contributed by atoms with Gasteiger partial charge in [-0.1, -0.05) is 30.3 Å². The predicted octanol–water partition coefficient (Wildman–Crippen LogP) is 0.601. The summed E-state index contributed by atoms with van der Waals surface area (Å²) in [5.74, 6) is -0.194. The van der Waals surface area contributed by atoms with Crippen molar-refractivity contribution in [1.29, 1.82) is 0 Å². The van der Waals surface area contributed by atoms with Crippen LogP contribution >= 0.6 is 0 Å². The molecule has 1 aromatic rings. The van der Waals surface area contributed by atoms with E-state index < -0.39 is 6.04 Å². The van der Waals surface area contributed by atoms with E-state index in [2.05, 4.69) is 5.32 Å². The largest absolute Gasteiger partial charge is 0.394 e. The summed E-state index contributed by atoms with van der Waals surface area (Å²) in [6.07, 6.45) is 1.95. The van der Waals surface area contributed by atoms with Crippen molar-refractivity contribution >= 4 is 5.91 Å². The van der Waals surface area contributed by atoms with Crippen molar-refractivity contribution in [2.45, 2.75) is 50.5 Å². The van der Waals surface area contributed by atoms with Gasteiger partial charge in [0.1, 0.15) is 6.10 Å². The minimum absolute atomic E-state index is 0.0940. The van der Waals surface area contributed by atoms with E-state index >= 15 is 0 Å². The van der Waals surface area contributed by atoms with Crippen LogP contribution in [0.1, 0.15) is 25.3 Å². The first-order valence-corrected chi connectivity index (χ1v) is 7.46. The van der Waals surface area contributed by atoms with Crippen LogP contribution in [0.5, 0.6) is 0 Å². The van der Waals surface area contributed by atoms with Crippen molar-refractivity contribution in [3.05, 3.63) is 35.9 Å². The number of hydrogen-bond donors (Lipinski definition) is 3. The van der Waals surface area contributed by atoms with Crippen molar-refractivity contribution in [3.63, 3.8) is 0 Å². The maximum absolute atomic E-state index is 12.2. The van der Waals surface area contributed by atoms with E-state index in [0.29, 0.717) is 6.42 Å². The van der Waals surface area contributed by atoms with Gasteiger partial charge in [0.25, 0.3) is 0 Å². The smallest absolute Gasteiger partial charge is 0.237 e. The van der Waals surface area contributed by atoms with Crippen LogP contribution in [0.2, 0.25) is 0 Å². The molecule has 0 bridgehead atoms. The Hall–Kier alpha value is -1.43. The van der Waals surface area contributed by atoms with Crippen LogP contribution < -0.4 is 11.1 Å². The third kappa shape index (κ3) is 4.52. The average molecular weight is 292 g/mol. The number of aliphatic hydroxyl groups is 1. The zero-order valence-corrected chi connectivity index (χ0v) is 12.4. The Kier molecular flexibility index (Phi) is 5.73. The van der Waals surface area contributed by atoms with Crippen molar-refractivity contribution in [1.82, 2.24) is 5.32 Å². The molecule has 4 atom stereocenters. The number of benzene rings is 1. The molecule has 0 aromatic heterocycles. The maximum Gasteiger partial charge on any atom is 0.237 e. The van der Waals surface area contributed by atoms with Gasteiger partial charge >= 0.3 is 0 Å². The highest BCUT2D eigenvalue weighted by atomic mass is 16.5. The summed E-state index contributed by atoms with van der Waals surface area (Å²) in [6, 6.07) is 8.94. The van der Waals surface area contributed by atoms with Gasteiger partial charge in [-0.25, -0.2) is 0 Å². The molecule has 0 saturated carbocycles. The zero-order valence-electron chi connectivity index (χ0n) is 12.4. The van der Waals surface area contributed by atoms with Crippen LogP contribution in [0.25, 0.3) is 0 Å². The summed E-state index contributed by atoms with van der Waals surface area (Å²) in [6.45, 7) is 1.88. The standard InChI is InChI=1S/C16H24N2O3/c1-11-7-8-14(15(10-19)21-11)18-16(20)13(17)9-12-5-3-2-4-6-12/h2-6,11,13-15,19H,7-10,17H2,1H3,(H,18,20)/t11-,13?,14?,15+/m0/s1. The second kappa shape index (κ2) is 7.54. The predicted molar refractivity (Wildman–Crippen MR) is 80.7 cm³/mol. The van der Waals surface area contributed by atoms with Gasteiger partial charge < -0.3 is 20.9 Å². The van der Waals surface area contributed by atoms with E-state index in [1.54, 1.807) is 0 Å². The van der Waals surface area contributed by atoms with Crippen LogP contribution in [-0.4, -0.2) is 41.9 Å². The number of rotatable bonds is 5. The van der Waals surface area contributed by atoms with Crippen molar-refractivity contribution in [2.75, 3.05) is 6.61 Å². The molecule has 5 heteroatoms. The Morgan fingerprint density at radius 3 is 2.81 bits per heavy atom. The lowest BCUT2D eigenvalue weighted by atomic mass is 9.98. The normalized spacial score (nSPS) is 27.1. The summed E-state index contributed by atoms with van der Waals surface area (Å²) >= 11 is 0. The quantitative estimate of drug-likeness (QED) is 0.742. The molecular formula is C16H24N2O3. The number of ether oxygens (including phenoxy) is 1. The molecule has 116 valence electrons. The van der Waals surface area contributed by atoms with Crippen LogP contribution in [0.3, 0.4) is 0 Å². The topological polar surface area (TPSA) is 84.6 Å². The number of hydrogen-bond acceptors (Lipinski definition) is 4. The molecule has 1 fully saturated rings. The number of amides is 1. The number of nitrogens with two attached hydrogens (primary N) is 1. The van der Waals surface area contributed by atoms with E-state index in [1.165, 1.54) is 0 Å². The summed E-state index contributed by atoms with van der Waals surface area (Å²) in [5.41, 5.74) is 7.00. The highest BCUT2D eigenvalue weighted by Gasteiger charge is 2.31. The lowest BCUT2D eigenvalue weighted by Crippen LogP contribution is -2.54. The van der Waals surface area contributed by atoms with Gasteiger partial charge in [0.15, 0.2) is 0 Å². The van der Waals surface area contributed by atoms with Crippen LogP contribution in [0.15, 0.2) is 30.3 Å². The minimum atomic E-state index is -0.592. The molecule has 1 aromatic carbocycles. The van der Waals surface area contributed by atoms with Crippen LogP contribution in [0.4, 0.5) is 0 Å². The molecule has 0 aliphatic carbocycles. The van der Waals surface area contributed by atoms with E-state index in [0.717, 1.165) is 18.4 Å². The van der Waals surface area contributed by atoms with E-state index in [1.807, 2.05) is 37.3 Å². The minimum Gasteiger partial charge on any atom is -0.394 e. The molecule has 4 N–H and O–H groups in total. The summed E-state index contributed by atoms with van der Waals surface area (Å²) in [4.78, 5) is 12.2. The van der Waals surface area contributed by atoms with Gasteiger partial charge in [0.2, 0.25) is 5.91 Å². The first-order valence-electron chi connectivity index (χ1n) is 7.46. The lowest BCUT2D eigenvalue weighted by Gasteiger charge is -2.35. The highest BCUT2D eigenvalue weighted by molar-refractivity contribution is 5.82. The fourth-order valence-corrected chi connectivity index (χ4v) is 2.65. The Bertz CT molecular complexity index is 452. The van der Waals surface area contributed by atoms with E-state index in [-0.39, 0.29) is 30.8 Å². The number of nitrogens with one attached hydrogen (secondary N) is 1. The van der Waals surface area contributed by atoms with Gasteiger partial charge in [-0.3, -0.25) is 4.79 Å². The highest BCUT2D eigenvalue weighted by Crippen LogP contribution is 2.19. The molecule has 2 rings (SSSR count). The second-order valence-electron chi connectivity index (χ2n) is 5.66. The fraction of sp³-hybridized carbons (Fsp3) is 0.562. The molecule has 1 saturated heterocycles. The van der Waals surface area contributed by atoms with Crippen LogP contribution in [-0.2, 0) is 16.0 Å². The Morgan fingerprint density at radius 1 is 1.43 bits per heavy atom. The van der Waals surface area contributed by atoms with Gasteiger partial charge in [-0.15, -0.1) is 0 Å². The van der Waals surface area contributed by atoms with Crippen molar-refractivity contribution in [3.8, 4) is 0 Å². The van der Waals surface area contributed by atoms with E-state index in [9.17, 15) is 9.90 Å². The van der Waals surface area contributed by atoms with Crippen molar-refractivity contribution in [2.24, 2.45) is 5.73 Å². The molecule has 1 aliphatic heterocycles. The maximum atomic E-state index is 12.2. The van der Waals surface area contributed by atoms with Crippen LogP contribution in [0, 0.1) is 0 Å². The Balaban J connectivity index is 1.88. The monoisotopic (exact) mass is 292 g/mol. The van der Waals surface area contributed by atoms with Gasteiger partial charge in [0.05, 0.1) is 24.8 Å². The molecule has 1 aliphatic rings. The molecule has 1 amide bonds. The number of carbonyl (C=O) groups is 1. The Morgan fingerprint density at radius 2 is 2.14 bits per heavy atom. The third-order valence-electron chi connectivity index (χ3n) is 3.88. The van der Waals surface area contributed by atoms with Gasteiger partial charge in [-0.05, 0) is 31.7 Å². The SMILES string of the molecule is C[C@H]1CCC(NC(=O)C(N)Cc2ccccc2)[C@@H](CO)O1. The first kappa shape index (κ1) is 15.9. The molecule has 21 heavy (non-hydrogen) atoms. The number of carbonyl (C=O) groups excluding carboxylic acids is 1. The average Bonchev–Trinajstić information content (AvgIpc) is 2.49. The zero-order chi connectivity index (χ0) is 15.2. The van der Waals surface area contributed by atoms with E-state index in [4.69, 9.17) is 10.5 Å². The molecule has 5 nitrogen and oxygen atoms in total. The summed E-state index contributed by atoms with van der Waals surface area (Å²) in [7, 11) is 0. The molecule has 1 heterocycles. The first-order chi connectivity index (χ1) is 10.1. The van der Waals surface area contributed by atoms with Gasteiger partial charge in [0, 0.05) is 0 Å². The third-order valence-corrected chi connectivity index (χ3v) is 3.88. The van der Waals surface area contributed by atoms with Gasteiger partial charge in [-0.2, -0.15) is 0 Å². The molecule has 0 spiro atoms. The summed E-state index contributed by atoms with van der Waals surface area (Å²) < 4.78 is 5.64. The second-order valence-corrected chi connectivity index (χ2v) is 5.66. The van der Waals surface area contributed by atoms with Crippen molar-refractivity contribution < 1.29 is 14.6 Å². The summed E-state index contributed by atoms with van der Waals surface area (Å²) in [5, 5.41) is 12.3. The molecular weight excluding hydrogens is 268 g/mol. The Labute approximate surface area is 125 Å².